The van der Waals surface area contributed by atoms with Crippen LogP contribution in [0.1, 0.15) is 0 Å². The first-order chi connectivity index (χ1) is 11.8. The van der Waals surface area contributed by atoms with Gasteiger partial charge in [0.05, 0.1) is 18.9 Å². The molecule has 0 radical (unpaired) electrons. The topological polar surface area (TPSA) is 114 Å². The van der Waals surface area contributed by atoms with Gasteiger partial charge in [-0.15, -0.1) is 0 Å². The van der Waals surface area contributed by atoms with E-state index in [1.807, 2.05) is 0 Å². The molecule has 9 nitrogen and oxygen atoms in total. The molecule has 0 amide bonds. The highest BCUT2D eigenvalue weighted by Gasteiger charge is 2.30. The second-order valence-electron chi connectivity index (χ2n) is 5.11. The Morgan fingerprint density at radius 3 is 2.28 bits per heavy atom. The summed E-state index contributed by atoms with van der Waals surface area (Å²) >= 11 is 6.51. The summed E-state index contributed by atoms with van der Waals surface area (Å²) in [7, 11) is -3.75. The number of aromatic amines is 1. The van der Waals surface area contributed by atoms with Crippen LogP contribution < -0.4 is 11.2 Å². The second-order valence-corrected chi connectivity index (χ2v) is 8.69. The van der Waals surface area contributed by atoms with Gasteiger partial charge in [0.2, 0.25) is 10.0 Å². The van der Waals surface area contributed by atoms with Crippen molar-refractivity contribution < 1.29 is 13.2 Å². The normalized spacial score (nSPS) is 16.1. The van der Waals surface area contributed by atoms with Crippen LogP contribution in [0, 0.1) is 0 Å². The van der Waals surface area contributed by atoms with Crippen molar-refractivity contribution in [2.24, 2.45) is 0 Å². The second kappa shape index (κ2) is 7.11. The van der Waals surface area contributed by atoms with E-state index in [0.717, 1.165) is 10.9 Å². The van der Waals surface area contributed by atoms with Crippen LogP contribution in [-0.4, -0.2) is 53.8 Å². The maximum atomic E-state index is 12.9. The Balaban J connectivity index is 2.09. The summed E-state index contributed by atoms with van der Waals surface area (Å²) in [4.78, 5) is 25.1. The van der Waals surface area contributed by atoms with E-state index in [0.29, 0.717) is 18.9 Å². The molecule has 1 aromatic carbocycles. The van der Waals surface area contributed by atoms with E-state index in [1.165, 1.54) is 16.4 Å². The molecule has 0 spiro atoms. The number of benzene rings is 1. The van der Waals surface area contributed by atoms with Crippen LogP contribution in [-0.2, 0) is 14.8 Å². The molecule has 1 aromatic heterocycles. The van der Waals surface area contributed by atoms with E-state index < -0.39 is 21.3 Å². The van der Waals surface area contributed by atoms with Crippen molar-refractivity contribution in [2.75, 3.05) is 26.3 Å². The lowest BCUT2D eigenvalue weighted by Gasteiger charge is -2.27. The standard InChI is InChI=1S/C13H12Br2N4O5S/c14-9-5-8(19-13(21)17-11(20)7-16-19)6-10(15)12(9)25(22,23)18-1-3-24-4-2-18/h5-7H,1-4H2,(H,17,20,21). The fourth-order valence-electron chi connectivity index (χ4n) is 2.37. The van der Waals surface area contributed by atoms with Gasteiger partial charge >= 0.3 is 5.69 Å². The average molecular weight is 496 g/mol. The van der Waals surface area contributed by atoms with Crippen LogP contribution in [0.4, 0.5) is 0 Å². The third-order valence-electron chi connectivity index (χ3n) is 3.51. The van der Waals surface area contributed by atoms with E-state index in [9.17, 15) is 18.0 Å². The number of morpholine rings is 1. The highest BCUT2D eigenvalue weighted by atomic mass is 79.9. The molecule has 1 N–H and O–H groups in total. The van der Waals surface area contributed by atoms with Crippen LogP contribution in [0.2, 0.25) is 0 Å². The molecule has 0 saturated carbocycles. The quantitative estimate of drug-likeness (QED) is 0.661. The summed E-state index contributed by atoms with van der Waals surface area (Å²) in [6.07, 6.45) is 0.960. The lowest BCUT2D eigenvalue weighted by molar-refractivity contribution is 0.0730. The van der Waals surface area contributed by atoms with Crippen molar-refractivity contribution >= 4 is 41.9 Å². The van der Waals surface area contributed by atoms with Gasteiger partial charge in [0.25, 0.3) is 5.56 Å². The number of halogens is 2. The predicted molar refractivity (Wildman–Crippen MR) is 95.4 cm³/mol. The van der Waals surface area contributed by atoms with Crippen LogP contribution in [0.25, 0.3) is 5.69 Å². The minimum absolute atomic E-state index is 0.0515. The van der Waals surface area contributed by atoms with Gasteiger partial charge in [-0.1, -0.05) is 0 Å². The molecule has 1 fully saturated rings. The molecule has 1 saturated heterocycles. The Bertz CT molecular complexity index is 1000. The van der Waals surface area contributed by atoms with Gasteiger partial charge in [-0.2, -0.15) is 14.1 Å². The molecule has 0 bridgehead atoms. The fraction of sp³-hybridized carbons (Fsp3) is 0.308. The van der Waals surface area contributed by atoms with E-state index >= 15 is 0 Å². The van der Waals surface area contributed by atoms with Crippen molar-refractivity contribution in [3.05, 3.63) is 48.1 Å². The number of ether oxygens (including phenoxy) is 1. The molecule has 3 rings (SSSR count). The summed E-state index contributed by atoms with van der Waals surface area (Å²) < 4.78 is 33.8. The fourth-order valence-corrected chi connectivity index (χ4v) is 6.26. The molecule has 0 atom stereocenters. The Hall–Kier alpha value is -1.34. The Kier molecular flexibility index (Phi) is 5.25. The lowest BCUT2D eigenvalue weighted by atomic mass is 10.3. The zero-order chi connectivity index (χ0) is 18.2. The molecular weight excluding hydrogens is 484 g/mol. The molecule has 2 aromatic rings. The minimum Gasteiger partial charge on any atom is -0.379 e. The first-order valence-electron chi connectivity index (χ1n) is 7.06. The lowest BCUT2D eigenvalue weighted by Crippen LogP contribution is -2.40. The van der Waals surface area contributed by atoms with Gasteiger partial charge in [-0.05, 0) is 44.0 Å². The van der Waals surface area contributed by atoms with Crippen LogP contribution in [0.15, 0.2) is 41.8 Å². The van der Waals surface area contributed by atoms with Gasteiger partial charge in [-0.3, -0.25) is 9.78 Å². The molecule has 1 aliphatic rings. The monoisotopic (exact) mass is 494 g/mol. The number of hydrogen-bond donors (Lipinski definition) is 1. The predicted octanol–water partition coefficient (Wildman–Crippen LogP) is 0.467. The molecule has 134 valence electrons. The van der Waals surface area contributed by atoms with Crippen molar-refractivity contribution in [3.8, 4) is 5.69 Å². The van der Waals surface area contributed by atoms with Crippen LogP contribution >= 0.6 is 31.9 Å². The van der Waals surface area contributed by atoms with E-state index in [4.69, 9.17) is 4.74 Å². The highest BCUT2D eigenvalue weighted by Crippen LogP contribution is 2.34. The number of nitrogens with one attached hydrogen (secondary N) is 1. The number of sulfonamides is 1. The number of rotatable bonds is 3. The van der Waals surface area contributed by atoms with Crippen molar-refractivity contribution in [2.45, 2.75) is 4.90 Å². The van der Waals surface area contributed by atoms with Gasteiger partial charge in [0.1, 0.15) is 11.1 Å². The Morgan fingerprint density at radius 1 is 1.12 bits per heavy atom. The van der Waals surface area contributed by atoms with Crippen LogP contribution in [0.3, 0.4) is 0 Å². The van der Waals surface area contributed by atoms with Crippen molar-refractivity contribution in [1.82, 2.24) is 19.1 Å². The Morgan fingerprint density at radius 2 is 1.72 bits per heavy atom. The smallest absolute Gasteiger partial charge is 0.349 e. The molecule has 25 heavy (non-hydrogen) atoms. The van der Waals surface area contributed by atoms with E-state index in [-0.39, 0.29) is 26.9 Å². The van der Waals surface area contributed by atoms with E-state index in [2.05, 4.69) is 41.9 Å². The zero-order valence-electron chi connectivity index (χ0n) is 12.6. The van der Waals surface area contributed by atoms with Crippen LogP contribution in [0.5, 0.6) is 0 Å². The molecule has 2 heterocycles. The number of nitrogens with zero attached hydrogens (tertiary/aromatic N) is 3. The van der Waals surface area contributed by atoms with Crippen molar-refractivity contribution in [1.29, 1.82) is 0 Å². The molecular formula is C13H12Br2N4O5S. The summed E-state index contributed by atoms with van der Waals surface area (Å²) in [5.74, 6) is 0. The molecule has 1 aliphatic heterocycles. The first kappa shape index (κ1) is 18.5. The zero-order valence-corrected chi connectivity index (χ0v) is 16.6. The van der Waals surface area contributed by atoms with Gasteiger partial charge in [-0.25, -0.2) is 13.2 Å². The minimum atomic E-state index is -3.75. The highest BCUT2D eigenvalue weighted by molar-refractivity contribution is 9.11. The van der Waals surface area contributed by atoms with Crippen molar-refractivity contribution in [3.63, 3.8) is 0 Å². The summed E-state index contributed by atoms with van der Waals surface area (Å²) in [5, 5.41) is 3.75. The third kappa shape index (κ3) is 3.62. The average Bonchev–Trinajstić information content (AvgIpc) is 2.54. The SMILES string of the molecule is O=c1cnn(-c2cc(Br)c(S(=O)(=O)N3CCOCC3)c(Br)c2)c(=O)[nH]1. The van der Waals surface area contributed by atoms with E-state index in [1.54, 1.807) is 0 Å². The Labute approximate surface area is 158 Å². The maximum absolute atomic E-state index is 12.9. The van der Waals surface area contributed by atoms with Gasteiger partial charge in [0, 0.05) is 22.0 Å². The molecule has 0 unspecified atom stereocenters. The third-order valence-corrected chi connectivity index (χ3v) is 7.28. The molecule has 12 heteroatoms. The molecule has 0 aliphatic carbocycles. The van der Waals surface area contributed by atoms with Gasteiger partial charge in [0.15, 0.2) is 0 Å². The number of aromatic nitrogens is 3. The number of H-pyrrole nitrogens is 1. The number of hydrogen-bond acceptors (Lipinski definition) is 6. The summed E-state index contributed by atoms with van der Waals surface area (Å²) in [6.45, 7) is 1.21. The largest absolute Gasteiger partial charge is 0.379 e. The maximum Gasteiger partial charge on any atom is 0.349 e. The first-order valence-corrected chi connectivity index (χ1v) is 10.1. The van der Waals surface area contributed by atoms with Gasteiger partial charge < -0.3 is 4.74 Å². The summed E-state index contributed by atoms with van der Waals surface area (Å²) in [5.41, 5.74) is -1.05. The summed E-state index contributed by atoms with van der Waals surface area (Å²) in [6, 6.07) is 2.90.